The van der Waals surface area contributed by atoms with E-state index in [9.17, 15) is 24.8 Å². The summed E-state index contributed by atoms with van der Waals surface area (Å²) in [5.74, 6) is -2.82. The fourth-order valence-electron chi connectivity index (χ4n) is 5.01. The molecule has 188 valence electrons. The summed E-state index contributed by atoms with van der Waals surface area (Å²) in [6.07, 6.45) is 1.23. The largest absolute Gasteiger partial charge is 0.478 e. The molecule has 4 rings (SSSR count). The summed E-state index contributed by atoms with van der Waals surface area (Å²) in [5, 5.41) is 24.4. The quantitative estimate of drug-likeness (QED) is 0.337. The van der Waals surface area contributed by atoms with E-state index >= 15 is 0 Å². The third-order valence-electron chi connectivity index (χ3n) is 6.61. The van der Waals surface area contributed by atoms with Gasteiger partial charge < -0.3 is 15.2 Å². The number of benzene rings is 2. The van der Waals surface area contributed by atoms with Crippen LogP contribution in [0.25, 0.3) is 0 Å². The lowest BCUT2D eigenvalue weighted by Gasteiger charge is -2.34. The van der Waals surface area contributed by atoms with Crippen LogP contribution < -0.4 is 5.32 Å². The second-order valence-electron chi connectivity index (χ2n) is 9.18. The highest BCUT2D eigenvalue weighted by Crippen LogP contribution is 2.40. The first-order valence-corrected chi connectivity index (χ1v) is 11.9. The molecule has 0 bridgehead atoms. The van der Waals surface area contributed by atoms with Crippen LogP contribution in [0.15, 0.2) is 77.1 Å². The fourth-order valence-corrected chi connectivity index (χ4v) is 5.01. The van der Waals surface area contributed by atoms with Crippen LogP contribution in [0.3, 0.4) is 0 Å². The molecule has 1 fully saturated rings. The molecule has 0 amide bonds. The van der Waals surface area contributed by atoms with Gasteiger partial charge in [0.2, 0.25) is 0 Å². The number of nitrogens with zero attached hydrogens (tertiary/aromatic N) is 2. The number of nitro groups is 1. The van der Waals surface area contributed by atoms with Crippen LogP contribution in [0.4, 0.5) is 5.69 Å². The number of carboxylic acids is 1. The number of allylic oxidation sites excluding steroid dienone is 2. The second kappa shape index (κ2) is 10.7. The molecule has 0 aliphatic carbocycles. The smallest absolute Gasteiger partial charge is 0.337 e. The van der Waals surface area contributed by atoms with Crippen molar-refractivity contribution < 1.29 is 24.4 Å². The average Bonchev–Trinajstić information content (AvgIpc) is 2.84. The molecule has 1 saturated heterocycles. The van der Waals surface area contributed by atoms with Gasteiger partial charge in [-0.1, -0.05) is 42.5 Å². The van der Waals surface area contributed by atoms with Gasteiger partial charge in [0.1, 0.15) is 6.10 Å². The van der Waals surface area contributed by atoms with Gasteiger partial charge in [-0.3, -0.25) is 15.0 Å². The summed E-state index contributed by atoms with van der Waals surface area (Å²) in [5.41, 5.74) is 2.31. The van der Waals surface area contributed by atoms with Gasteiger partial charge in [-0.25, -0.2) is 9.59 Å². The number of hydrogen-bond acceptors (Lipinski definition) is 7. The number of likely N-dealkylation sites (tertiary alicyclic amines) is 1. The number of dihydropyridines is 1. The molecule has 2 aliphatic heterocycles. The van der Waals surface area contributed by atoms with Crippen molar-refractivity contribution in [3.63, 3.8) is 0 Å². The van der Waals surface area contributed by atoms with Gasteiger partial charge in [0.25, 0.3) is 5.69 Å². The highest BCUT2D eigenvalue weighted by molar-refractivity contribution is 5.99. The third-order valence-corrected chi connectivity index (χ3v) is 6.61. The minimum atomic E-state index is -1.21. The maximum Gasteiger partial charge on any atom is 0.337 e. The first kappa shape index (κ1) is 25.1. The van der Waals surface area contributed by atoms with Gasteiger partial charge in [-0.2, -0.15) is 0 Å². The summed E-state index contributed by atoms with van der Waals surface area (Å²) < 4.78 is 5.93. The van der Waals surface area contributed by atoms with E-state index in [1.807, 2.05) is 18.2 Å². The van der Waals surface area contributed by atoms with E-state index in [0.717, 1.165) is 19.5 Å². The number of nitrogens with one attached hydrogen (secondary N) is 1. The molecule has 9 heteroatoms. The first-order chi connectivity index (χ1) is 17.2. The van der Waals surface area contributed by atoms with Crippen LogP contribution in [0.2, 0.25) is 0 Å². The summed E-state index contributed by atoms with van der Waals surface area (Å²) in [4.78, 5) is 38.8. The molecule has 2 atom stereocenters. The predicted molar refractivity (Wildman–Crippen MR) is 133 cm³/mol. The molecule has 0 unspecified atom stereocenters. The minimum absolute atomic E-state index is 0.0394. The van der Waals surface area contributed by atoms with Gasteiger partial charge in [0, 0.05) is 36.6 Å². The number of hydrogen-bond donors (Lipinski definition) is 2. The van der Waals surface area contributed by atoms with Crippen LogP contribution in [0.1, 0.15) is 43.7 Å². The monoisotopic (exact) mass is 491 g/mol. The van der Waals surface area contributed by atoms with Crippen LogP contribution in [-0.4, -0.2) is 46.1 Å². The van der Waals surface area contributed by atoms with Gasteiger partial charge >= 0.3 is 11.9 Å². The van der Waals surface area contributed by atoms with Gasteiger partial charge in [-0.15, -0.1) is 0 Å². The fraction of sp³-hybridized carbons (Fsp3) is 0.333. The molecule has 2 aliphatic rings. The molecule has 0 aromatic heterocycles. The van der Waals surface area contributed by atoms with E-state index in [1.54, 1.807) is 19.9 Å². The number of carbonyl (C=O) groups excluding carboxylic acids is 1. The zero-order chi connectivity index (χ0) is 25.8. The first-order valence-electron chi connectivity index (χ1n) is 11.9. The Bertz CT molecular complexity index is 1240. The number of esters is 1. The highest BCUT2D eigenvalue weighted by atomic mass is 16.6. The molecule has 2 aromatic carbocycles. The molecule has 0 radical (unpaired) electrons. The molecule has 2 heterocycles. The summed E-state index contributed by atoms with van der Waals surface area (Å²) in [7, 11) is 0. The van der Waals surface area contributed by atoms with Crippen LogP contribution in [0.5, 0.6) is 0 Å². The number of ether oxygens (including phenoxy) is 1. The van der Waals surface area contributed by atoms with E-state index in [0.29, 0.717) is 29.9 Å². The number of aliphatic carboxylic acids is 1. The minimum Gasteiger partial charge on any atom is -0.478 e. The normalized spacial score (nSPS) is 20.6. The van der Waals surface area contributed by atoms with Crippen molar-refractivity contribution in [3.05, 3.63) is 98.4 Å². The Labute approximate surface area is 209 Å². The standard InChI is InChI=1S/C27H29N3O6/c1-17-23(26(31)32)25(20-10-6-11-21(14-20)30(34)35)24(18(2)28-17)27(33)36-22-12-7-13-29(16-22)15-19-8-4-3-5-9-19/h3-6,8-11,14,22,25,28H,7,12-13,15-16H2,1-2H3,(H,31,32)/t22-,25-/m1/s1. The summed E-state index contributed by atoms with van der Waals surface area (Å²) >= 11 is 0. The number of non-ortho nitro benzene ring substituents is 1. The summed E-state index contributed by atoms with van der Waals surface area (Å²) in [6.45, 7) is 5.52. The Morgan fingerprint density at radius 2 is 1.83 bits per heavy atom. The van der Waals surface area contributed by atoms with Crippen molar-refractivity contribution in [2.45, 2.75) is 45.3 Å². The zero-order valence-electron chi connectivity index (χ0n) is 20.3. The lowest BCUT2D eigenvalue weighted by Crippen LogP contribution is -2.41. The Morgan fingerprint density at radius 3 is 2.53 bits per heavy atom. The lowest BCUT2D eigenvalue weighted by molar-refractivity contribution is -0.384. The van der Waals surface area contributed by atoms with E-state index in [4.69, 9.17) is 4.74 Å². The Balaban J connectivity index is 1.60. The number of nitro benzene ring substituents is 1. The Morgan fingerprint density at radius 1 is 1.11 bits per heavy atom. The van der Waals surface area contributed by atoms with Crippen LogP contribution >= 0.6 is 0 Å². The van der Waals surface area contributed by atoms with Gasteiger partial charge in [-0.05, 0) is 44.4 Å². The van der Waals surface area contributed by atoms with Crippen LogP contribution in [0, 0.1) is 10.1 Å². The maximum atomic E-state index is 13.5. The molecular weight excluding hydrogens is 462 g/mol. The van der Waals surface area contributed by atoms with E-state index in [-0.39, 0.29) is 22.9 Å². The molecule has 2 N–H and O–H groups in total. The van der Waals surface area contributed by atoms with Crippen molar-refractivity contribution in [1.82, 2.24) is 10.2 Å². The number of carboxylic acid groups (broad SMARTS) is 1. The topological polar surface area (TPSA) is 122 Å². The Kier molecular flexibility index (Phi) is 7.49. The third kappa shape index (κ3) is 5.46. The van der Waals surface area contributed by atoms with Crippen molar-refractivity contribution in [2.24, 2.45) is 0 Å². The van der Waals surface area contributed by atoms with Crippen molar-refractivity contribution in [2.75, 3.05) is 13.1 Å². The molecule has 0 spiro atoms. The van der Waals surface area contributed by atoms with Gasteiger partial charge in [0.05, 0.1) is 22.0 Å². The maximum absolute atomic E-state index is 13.5. The molecule has 0 saturated carbocycles. The molecule has 2 aromatic rings. The SMILES string of the molecule is CC1=C(C(=O)O)[C@@H](c2cccc([N+](=O)[O-])c2)C(C(=O)O[C@@H]2CCCN(Cc3ccccc3)C2)=C(C)N1. The lowest BCUT2D eigenvalue weighted by atomic mass is 9.80. The zero-order valence-corrected chi connectivity index (χ0v) is 20.3. The highest BCUT2D eigenvalue weighted by Gasteiger charge is 2.38. The van der Waals surface area contributed by atoms with Crippen molar-refractivity contribution in [1.29, 1.82) is 0 Å². The summed E-state index contributed by atoms with van der Waals surface area (Å²) in [6, 6.07) is 15.8. The second-order valence-corrected chi connectivity index (χ2v) is 9.18. The van der Waals surface area contributed by atoms with Crippen molar-refractivity contribution in [3.8, 4) is 0 Å². The number of rotatable bonds is 7. The van der Waals surface area contributed by atoms with E-state index in [1.165, 1.54) is 23.8 Å². The molecular formula is C27H29N3O6. The Hall–Kier alpha value is -3.98. The van der Waals surface area contributed by atoms with E-state index < -0.39 is 22.8 Å². The number of piperidine rings is 1. The van der Waals surface area contributed by atoms with Crippen LogP contribution in [-0.2, 0) is 20.9 Å². The van der Waals surface area contributed by atoms with Crippen molar-refractivity contribution >= 4 is 17.6 Å². The predicted octanol–water partition coefficient (Wildman–Crippen LogP) is 4.12. The molecule has 36 heavy (non-hydrogen) atoms. The number of carbonyl (C=O) groups is 2. The van der Waals surface area contributed by atoms with Gasteiger partial charge in [0.15, 0.2) is 0 Å². The van der Waals surface area contributed by atoms with E-state index in [2.05, 4.69) is 22.3 Å². The average molecular weight is 492 g/mol. The molecule has 9 nitrogen and oxygen atoms in total.